The van der Waals surface area contributed by atoms with Crippen molar-refractivity contribution in [2.45, 2.75) is 56.1 Å². The van der Waals surface area contributed by atoms with Crippen molar-refractivity contribution in [3.05, 3.63) is 11.7 Å². The minimum Gasteiger partial charge on any atom is -0.374 e. The molecule has 1 N–H and O–H groups in total. The Hall–Kier alpha value is -0.940. The van der Waals surface area contributed by atoms with Crippen LogP contribution in [0.2, 0.25) is 0 Å². The predicted octanol–water partition coefficient (Wildman–Crippen LogP) is 1.36. The Morgan fingerprint density at radius 1 is 1.39 bits per heavy atom. The van der Waals surface area contributed by atoms with Crippen LogP contribution in [-0.2, 0) is 10.2 Å². The third-order valence-corrected chi connectivity index (χ3v) is 4.76. The van der Waals surface area contributed by atoms with Gasteiger partial charge in [0.2, 0.25) is 5.89 Å². The summed E-state index contributed by atoms with van der Waals surface area (Å²) in [5, 5.41) is 7.58. The average molecular weight is 249 g/mol. The monoisotopic (exact) mass is 249 g/mol. The second-order valence-corrected chi connectivity index (χ2v) is 6.16. The molecule has 3 aliphatic rings. The molecule has 18 heavy (non-hydrogen) atoms. The molecule has 5 nitrogen and oxygen atoms in total. The third kappa shape index (κ3) is 1.53. The molecule has 0 amide bonds. The number of ether oxygens (including phenoxy) is 1. The summed E-state index contributed by atoms with van der Waals surface area (Å²) < 4.78 is 11.4. The SMILES string of the molecule is CC1(c2nc(C3CC4CCC3O4)no2)CCNC1. The van der Waals surface area contributed by atoms with Gasteiger partial charge in [0, 0.05) is 6.54 Å². The number of hydrogen-bond acceptors (Lipinski definition) is 5. The number of aromatic nitrogens is 2. The number of fused-ring (bicyclic) bond motifs is 2. The first-order valence-corrected chi connectivity index (χ1v) is 6.95. The fraction of sp³-hybridized carbons (Fsp3) is 0.846. The second-order valence-electron chi connectivity index (χ2n) is 6.16. The van der Waals surface area contributed by atoms with Crippen LogP contribution < -0.4 is 5.32 Å². The molecule has 0 aromatic carbocycles. The van der Waals surface area contributed by atoms with Gasteiger partial charge in [0.1, 0.15) is 0 Å². The maximum absolute atomic E-state index is 5.87. The minimum absolute atomic E-state index is 0.0176. The molecule has 5 heteroatoms. The standard InChI is InChI=1S/C13H19N3O2/c1-13(4-5-14-7-13)12-15-11(16-18-12)9-6-8-2-3-10(9)17-8/h8-10,14H,2-7H2,1H3. The highest BCUT2D eigenvalue weighted by molar-refractivity contribution is 5.12. The molecule has 1 aromatic heterocycles. The lowest BCUT2D eigenvalue weighted by molar-refractivity contribution is 0.0996. The molecule has 98 valence electrons. The first-order chi connectivity index (χ1) is 8.74. The minimum atomic E-state index is 0.0176. The van der Waals surface area contributed by atoms with Gasteiger partial charge in [-0.1, -0.05) is 5.16 Å². The Morgan fingerprint density at radius 2 is 2.33 bits per heavy atom. The van der Waals surface area contributed by atoms with E-state index in [4.69, 9.17) is 9.26 Å². The van der Waals surface area contributed by atoms with Gasteiger partial charge in [-0.25, -0.2) is 0 Å². The molecule has 3 aliphatic heterocycles. The summed E-state index contributed by atoms with van der Waals surface area (Å²) in [5.74, 6) is 2.02. The largest absolute Gasteiger partial charge is 0.374 e. The van der Waals surface area contributed by atoms with Crippen LogP contribution in [0, 0.1) is 0 Å². The van der Waals surface area contributed by atoms with Crippen LogP contribution in [0.25, 0.3) is 0 Å². The lowest BCUT2D eigenvalue weighted by Crippen LogP contribution is -2.25. The molecular weight excluding hydrogens is 230 g/mol. The van der Waals surface area contributed by atoms with E-state index in [9.17, 15) is 0 Å². The Kier molecular flexibility index (Phi) is 2.29. The van der Waals surface area contributed by atoms with Crippen molar-refractivity contribution in [2.75, 3.05) is 13.1 Å². The Bertz CT molecular complexity index is 453. The van der Waals surface area contributed by atoms with E-state index in [0.29, 0.717) is 18.1 Å². The van der Waals surface area contributed by atoms with Gasteiger partial charge in [0.05, 0.1) is 23.5 Å². The Morgan fingerprint density at radius 3 is 3.00 bits per heavy atom. The van der Waals surface area contributed by atoms with E-state index in [-0.39, 0.29) is 5.41 Å². The van der Waals surface area contributed by atoms with Crippen molar-refractivity contribution in [2.24, 2.45) is 0 Å². The number of nitrogens with one attached hydrogen (secondary N) is 1. The van der Waals surface area contributed by atoms with Crippen LogP contribution in [-0.4, -0.2) is 35.4 Å². The maximum atomic E-state index is 5.87. The summed E-state index contributed by atoms with van der Waals surface area (Å²) in [6, 6.07) is 0. The van der Waals surface area contributed by atoms with Crippen LogP contribution in [0.1, 0.15) is 50.2 Å². The zero-order chi connectivity index (χ0) is 12.2. The van der Waals surface area contributed by atoms with Crippen LogP contribution >= 0.6 is 0 Å². The van der Waals surface area contributed by atoms with E-state index in [2.05, 4.69) is 22.4 Å². The molecule has 4 unspecified atom stereocenters. The molecule has 1 aromatic rings. The molecular formula is C13H19N3O2. The molecule has 4 rings (SSSR count). The van der Waals surface area contributed by atoms with E-state index >= 15 is 0 Å². The molecule has 0 spiro atoms. The van der Waals surface area contributed by atoms with Gasteiger partial charge in [-0.2, -0.15) is 4.98 Å². The van der Waals surface area contributed by atoms with Gasteiger partial charge in [-0.05, 0) is 39.2 Å². The maximum Gasteiger partial charge on any atom is 0.233 e. The summed E-state index contributed by atoms with van der Waals surface area (Å²) >= 11 is 0. The topological polar surface area (TPSA) is 60.2 Å². The highest BCUT2D eigenvalue weighted by Gasteiger charge is 2.45. The number of rotatable bonds is 2. The summed E-state index contributed by atoms with van der Waals surface area (Å²) in [6.45, 7) is 4.16. The van der Waals surface area contributed by atoms with Crippen LogP contribution in [0.3, 0.4) is 0 Å². The Balaban J connectivity index is 1.58. The molecule has 3 saturated heterocycles. The van der Waals surface area contributed by atoms with Crippen LogP contribution in [0.15, 0.2) is 4.52 Å². The van der Waals surface area contributed by atoms with Gasteiger partial charge in [-0.3, -0.25) is 0 Å². The fourth-order valence-corrected chi connectivity index (χ4v) is 3.54. The van der Waals surface area contributed by atoms with E-state index in [0.717, 1.165) is 44.1 Å². The number of hydrogen-bond donors (Lipinski definition) is 1. The third-order valence-electron chi connectivity index (χ3n) is 4.76. The summed E-state index contributed by atoms with van der Waals surface area (Å²) in [7, 11) is 0. The van der Waals surface area contributed by atoms with Crippen LogP contribution in [0.4, 0.5) is 0 Å². The molecule has 4 heterocycles. The van der Waals surface area contributed by atoms with Crippen molar-refractivity contribution in [3.8, 4) is 0 Å². The summed E-state index contributed by atoms with van der Waals surface area (Å²) in [5.41, 5.74) is 0.0176. The zero-order valence-electron chi connectivity index (χ0n) is 10.7. The van der Waals surface area contributed by atoms with Gasteiger partial charge >= 0.3 is 0 Å². The quantitative estimate of drug-likeness (QED) is 0.857. The predicted molar refractivity (Wildman–Crippen MR) is 64.4 cm³/mol. The average Bonchev–Trinajstić information content (AvgIpc) is 3.13. The first kappa shape index (κ1) is 10.9. The molecule has 3 fully saturated rings. The normalized spacial score (nSPS) is 42.8. The van der Waals surface area contributed by atoms with Gasteiger partial charge in [-0.15, -0.1) is 0 Å². The Labute approximate surface area is 106 Å². The van der Waals surface area contributed by atoms with E-state index in [1.165, 1.54) is 6.42 Å². The zero-order valence-corrected chi connectivity index (χ0v) is 10.7. The highest BCUT2D eigenvalue weighted by Crippen LogP contribution is 2.44. The molecule has 0 radical (unpaired) electrons. The summed E-state index contributed by atoms with van der Waals surface area (Å²) in [6.07, 6.45) is 5.26. The van der Waals surface area contributed by atoms with E-state index < -0.39 is 0 Å². The molecule has 0 aliphatic carbocycles. The van der Waals surface area contributed by atoms with Crippen LogP contribution in [0.5, 0.6) is 0 Å². The lowest BCUT2D eigenvalue weighted by Gasteiger charge is -2.17. The second kappa shape index (κ2) is 3.78. The van der Waals surface area contributed by atoms with Crippen molar-refractivity contribution < 1.29 is 9.26 Å². The van der Waals surface area contributed by atoms with Gasteiger partial charge in [0.15, 0.2) is 5.82 Å². The van der Waals surface area contributed by atoms with E-state index in [1.54, 1.807) is 0 Å². The van der Waals surface area contributed by atoms with E-state index in [1.807, 2.05) is 0 Å². The smallest absolute Gasteiger partial charge is 0.233 e. The van der Waals surface area contributed by atoms with Crippen molar-refractivity contribution in [1.82, 2.24) is 15.5 Å². The highest BCUT2D eigenvalue weighted by atomic mass is 16.5. The molecule has 2 bridgehead atoms. The molecule has 0 saturated carbocycles. The van der Waals surface area contributed by atoms with Crippen molar-refractivity contribution in [3.63, 3.8) is 0 Å². The first-order valence-electron chi connectivity index (χ1n) is 6.95. The van der Waals surface area contributed by atoms with Crippen molar-refractivity contribution >= 4 is 0 Å². The van der Waals surface area contributed by atoms with Gasteiger partial charge < -0.3 is 14.6 Å². The fourth-order valence-electron chi connectivity index (χ4n) is 3.54. The molecule has 4 atom stereocenters. The summed E-state index contributed by atoms with van der Waals surface area (Å²) in [4.78, 5) is 4.67. The van der Waals surface area contributed by atoms with Crippen molar-refractivity contribution in [1.29, 1.82) is 0 Å². The lowest BCUT2D eigenvalue weighted by atomic mass is 9.88. The number of nitrogens with zero attached hydrogens (tertiary/aromatic N) is 2. The van der Waals surface area contributed by atoms with Gasteiger partial charge in [0.25, 0.3) is 0 Å².